The number of rotatable bonds is 5. The van der Waals surface area contributed by atoms with Crippen LogP contribution < -0.4 is 10.6 Å². The molecule has 0 bridgehead atoms. The quantitative estimate of drug-likeness (QED) is 0.776. The molecule has 2 aliphatic heterocycles. The number of hydrogen-bond acceptors (Lipinski definition) is 5. The summed E-state index contributed by atoms with van der Waals surface area (Å²) in [6.07, 6.45) is 2.31. The van der Waals surface area contributed by atoms with E-state index in [9.17, 15) is 13.2 Å². The van der Waals surface area contributed by atoms with Crippen LogP contribution in [-0.2, 0) is 14.8 Å². The molecule has 150 valence electrons. The summed E-state index contributed by atoms with van der Waals surface area (Å²) in [4.78, 5) is 12.5. The Morgan fingerprint density at radius 2 is 1.96 bits per heavy atom. The van der Waals surface area contributed by atoms with Gasteiger partial charge in [0.1, 0.15) is 0 Å². The third kappa shape index (κ3) is 4.50. The first-order chi connectivity index (χ1) is 12.8. The van der Waals surface area contributed by atoms with Crippen LogP contribution in [0.1, 0.15) is 38.7 Å². The molecule has 3 rings (SSSR count). The average Bonchev–Trinajstić information content (AvgIpc) is 3.06. The highest BCUT2D eigenvalue weighted by molar-refractivity contribution is 8.01. The van der Waals surface area contributed by atoms with E-state index in [0.717, 1.165) is 17.7 Å². The predicted molar refractivity (Wildman–Crippen MR) is 109 cm³/mol. The van der Waals surface area contributed by atoms with E-state index in [4.69, 9.17) is 0 Å². The molecular formula is C19H29N3O3S2. The van der Waals surface area contributed by atoms with E-state index in [1.807, 2.05) is 32.9 Å². The Bertz CT molecular complexity index is 772. The zero-order chi connectivity index (χ0) is 19.7. The summed E-state index contributed by atoms with van der Waals surface area (Å²) in [6, 6.07) is 6.96. The maximum absolute atomic E-state index is 12.9. The van der Waals surface area contributed by atoms with E-state index in [0.29, 0.717) is 30.8 Å². The van der Waals surface area contributed by atoms with Crippen LogP contribution in [-0.4, -0.2) is 54.4 Å². The summed E-state index contributed by atoms with van der Waals surface area (Å²) < 4.78 is 27.3. The Morgan fingerprint density at radius 3 is 2.56 bits per heavy atom. The highest BCUT2D eigenvalue weighted by Gasteiger charge is 2.45. The van der Waals surface area contributed by atoms with Crippen molar-refractivity contribution >= 4 is 27.7 Å². The third-order valence-electron chi connectivity index (χ3n) is 5.47. The molecule has 0 unspecified atom stereocenters. The van der Waals surface area contributed by atoms with Gasteiger partial charge in [0.05, 0.1) is 15.8 Å². The molecule has 6 nitrogen and oxygen atoms in total. The van der Waals surface area contributed by atoms with Crippen LogP contribution in [0, 0.1) is 6.92 Å². The standard InChI is InChI=1S/C19H29N3O3S2/c1-4-15(3)20-18(23)17-13-26-19(21-17)9-11-22(12-10-19)27(24,25)16-7-5-14(2)6-8-16/h5-8,15,17,21H,4,9-13H2,1-3H3,(H,20,23)/t15-,17-/m1/s1. The second-order valence-corrected chi connectivity index (χ2v) is 10.9. The Kier molecular flexibility index (Phi) is 6.20. The lowest BCUT2D eigenvalue weighted by Gasteiger charge is -2.38. The van der Waals surface area contributed by atoms with Crippen LogP contribution in [0.5, 0.6) is 0 Å². The van der Waals surface area contributed by atoms with Crippen LogP contribution in [0.2, 0.25) is 0 Å². The molecule has 0 saturated carbocycles. The minimum Gasteiger partial charge on any atom is -0.352 e. The Labute approximate surface area is 166 Å². The number of carbonyl (C=O) groups excluding carboxylic acids is 1. The van der Waals surface area contributed by atoms with Crippen molar-refractivity contribution in [1.82, 2.24) is 14.9 Å². The van der Waals surface area contributed by atoms with E-state index in [1.54, 1.807) is 28.2 Å². The van der Waals surface area contributed by atoms with Crippen molar-refractivity contribution in [2.75, 3.05) is 18.8 Å². The number of amides is 1. The van der Waals surface area contributed by atoms with Gasteiger partial charge in [0, 0.05) is 24.9 Å². The van der Waals surface area contributed by atoms with Gasteiger partial charge in [-0.15, -0.1) is 11.8 Å². The summed E-state index contributed by atoms with van der Waals surface area (Å²) in [5, 5.41) is 6.52. The van der Waals surface area contributed by atoms with Crippen LogP contribution in [0.4, 0.5) is 0 Å². The molecule has 2 N–H and O–H groups in total. The Balaban J connectivity index is 1.60. The number of sulfonamides is 1. The summed E-state index contributed by atoms with van der Waals surface area (Å²) >= 11 is 1.75. The van der Waals surface area contributed by atoms with Gasteiger partial charge in [-0.1, -0.05) is 24.6 Å². The molecule has 1 spiro atoms. The van der Waals surface area contributed by atoms with Crippen LogP contribution in [0.3, 0.4) is 0 Å². The maximum atomic E-state index is 12.9. The van der Waals surface area contributed by atoms with Gasteiger partial charge in [0.25, 0.3) is 0 Å². The summed E-state index contributed by atoms with van der Waals surface area (Å²) in [5.41, 5.74) is 1.04. The van der Waals surface area contributed by atoms with Crippen LogP contribution in [0.15, 0.2) is 29.2 Å². The normalized spacial score (nSPS) is 24.0. The molecule has 27 heavy (non-hydrogen) atoms. The molecule has 1 aromatic carbocycles. The van der Waals surface area contributed by atoms with Crippen molar-refractivity contribution in [3.63, 3.8) is 0 Å². The highest BCUT2D eigenvalue weighted by atomic mass is 32.2. The van der Waals surface area contributed by atoms with Crippen molar-refractivity contribution in [1.29, 1.82) is 0 Å². The minimum absolute atomic E-state index is 0.0448. The molecule has 2 saturated heterocycles. The SMILES string of the molecule is CC[C@@H](C)NC(=O)[C@H]1CSC2(CCN(S(=O)(=O)c3ccc(C)cc3)CC2)N1. The lowest BCUT2D eigenvalue weighted by molar-refractivity contribution is -0.123. The zero-order valence-electron chi connectivity index (χ0n) is 16.2. The zero-order valence-corrected chi connectivity index (χ0v) is 17.8. The predicted octanol–water partition coefficient (Wildman–Crippen LogP) is 2.10. The topological polar surface area (TPSA) is 78.5 Å². The van der Waals surface area contributed by atoms with Gasteiger partial charge in [-0.2, -0.15) is 4.31 Å². The van der Waals surface area contributed by atoms with E-state index in [2.05, 4.69) is 10.6 Å². The average molecular weight is 412 g/mol. The first-order valence-corrected chi connectivity index (χ1v) is 12.0. The first kappa shape index (κ1) is 20.6. The first-order valence-electron chi connectivity index (χ1n) is 9.54. The molecule has 2 atom stereocenters. The molecule has 1 aromatic rings. The van der Waals surface area contributed by atoms with Gasteiger partial charge >= 0.3 is 0 Å². The monoisotopic (exact) mass is 411 g/mol. The minimum atomic E-state index is -3.46. The van der Waals surface area contributed by atoms with Crippen LogP contribution in [0.25, 0.3) is 0 Å². The molecule has 8 heteroatoms. The van der Waals surface area contributed by atoms with Crippen LogP contribution >= 0.6 is 11.8 Å². The second-order valence-electron chi connectivity index (χ2n) is 7.54. The number of piperidine rings is 1. The second kappa shape index (κ2) is 8.11. The largest absolute Gasteiger partial charge is 0.352 e. The van der Waals surface area contributed by atoms with Crippen molar-refractivity contribution in [3.05, 3.63) is 29.8 Å². The molecule has 2 fully saturated rings. The van der Waals surface area contributed by atoms with E-state index < -0.39 is 10.0 Å². The van der Waals surface area contributed by atoms with Gasteiger partial charge in [-0.05, 0) is 45.2 Å². The molecule has 0 aliphatic carbocycles. The smallest absolute Gasteiger partial charge is 0.243 e. The van der Waals surface area contributed by atoms with Crippen molar-refractivity contribution in [3.8, 4) is 0 Å². The van der Waals surface area contributed by atoms with Gasteiger partial charge in [-0.3, -0.25) is 10.1 Å². The molecular weight excluding hydrogens is 382 g/mol. The number of thioether (sulfide) groups is 1. The molecule has 2 heterocycles. The molecule has 1 amide bonds. The lowest BCUT2D eigenvalue weighted by atomic mass is 10.0. The number of carbonyl (C=O) groups is 1. The fourth-order valence-electron chi connectivity index (χ4n) is 3.47. The highest BCUT2D eigenvalue weighted by Crippen LogP contribution is 2.40. The molecule has 0 radical (unpaired) electrons. The number of nitrogens with zero attached hydrogens (tertiary/aromatic N) is 1. The van der Waals surface area contributed by atoms with E-state index in [1.165, 1.54) is 0 Å². The maximum Gasteiger partial charge on any atom is 0.243 e. The van der Waals surface area contributed by atoms with Crippen molar-refractivity contribution in [2.45, 2.75) is 61.9 Å². The number of hydrogen-bond donors (Lipinski definition) is 2. The van der Waals surface area contributed by atoms with Gasteiger partial charge in [0.2, 0.25) is 15.9 Å². The van der Waals surface area contributed by atoms with Crippen molar-refractivity contribution in [2.24, 2.45) is 0 Å². The number of nitrogens with one attached hydrogen (secondary N) is 2. The fourth-order valence-corrected chi connectivity index (χ4v) is 6.32. The third-order valence-corrected chi connectivity index (χ3v) is 8.96. The van der Waals surface area contributed by atoms with Crippen molar-refractivity contribution < 1.29 is 13.2 Å². The Morgan fingerprint density at radius 1 is 1.33 bits per heavy atom. The van der Waals surface area contributed by atoms with Gasteiger partial charge in [0.15, 0.2) is 0 Å². The molecule has 0 aromatic heterocycles. The summed E-state index contributed by atoms with van der Waals surface area (Å²) in [6.45, 7) is 6.93. The van der Waals surface area contributed by atoms with E-state index in [-0.39, 0.29) is 22.9 Å². The van der Waals surface area contributed by atoms with Gasteiger partial charge in [-0.25, -0.2) is 8.42 Å². The summed E-state index contributed by atoms with van der Waals surface area (Å²) in [5.74, 6) is 0.774. The fraction of sp³-hybridized carbons (Fsp3) is 0.632. The lowest BCUT2D eigenvalue weighted by Crippen LogP contribution is -2.55. The van der Waals surface area contributed by atoms with Gasteiger partial charge < -0.3 is 5.32 Å². The number of aryl methyl sites for hydroxylation is 1. The molecule has 2 aliphatic rings. The Hall–Kier alpha value is -1.09. The van der Waals surface area contributed by atoms with E-state index >= 15 is 0 Å². The summed E-state index contributed by atoms with van der Waals surface area (Å²) in [7, 11) is -3.46. The number of benzene rings is 1.